The molecule has 17 heavy (non-hydrogen) atoms. The Morgan fingerprint density at radius 3 is 2.53 bits per heavy atom. The highest BCUT2D eigenvalue weighted by molar-refractivity contribution is 7.89. The SMILES string of the molecule is Cc1ccccc1S(=O)(=O)N(C)CCC(=N)N. The Hall–Kier alpha value is -1.40. The maximum absolute atomic E-state index is 12.2. The van der Waals surface area contributed by atoms with E-state index in [2.05, 4.69) is 0 Å². The van der Waals surface area contributed by atoms with Gasteiger partial charge in [0.25, 0.3) is 0 Å². The van der Waals surface area contributed by atoms with Crippen molar-refractivity contribution >= 4 is 15.9 Å². The number of aryl methyl sites for hydroxylation is 1. The van der Waals surface area contributed by atoms with Crippen LogP contribution in [0.25, 0.3) is 0 Å². The highest BCUT2D eigenvalue weighted by atomic mass is 32.2. The number of hydrogen-bond donors (Lipinski definition) is 2. The summed E-state index contributed by atoms with van der Waals surface area (Å²) in [7, 11) is -1.99. The van der Waals surface area contributed by atoms with Gasteiger partial charge < -0.3 is 5.73 Å². The summed E-state index contributed by atoms with van der Waals surface area (Å²) in [4.78, 5) is 0.297. The lowest BCUT2D eigenvalue weighted by Gasteiger charge is -2.18. The van der Waals surface area contributed by atoms with Gasteiger partial charge in [0, 0.05) is 20.0 Å². The van der Waals surface area contributed by atoms with Gasteiger partial charge in [-0.2, -0.15) is 0 Å². The maximum atomic E-state index is 12.2. The molecular formula is C11H17N3O2S. The molecule has 0 radical (unpaired) electrons. The molecule has 0 aliphatic heterocycles. The van der Waals surface area contributed by atoms with Crippen molar-refractivity contribution in [2.45, 2.75) is 18.2 Å². The first-order chi connectivity index (χ1) is 7.85. The molecule has 0 saturated heterocycles. The van der Waals surface area contributed by atoms with Crippen molar-refractivity contribution in [3.63, 3.8) is 0 Å². The second-order valence-electron chi connectivity index (χ2n) is 3.87. The van der Waals surface area contributed by atoms with Gasteiger partial charge in [-0.15, -0.1) is 0 Å². The molecule has 3 N–H and O–H groups in total. The molecule has 0 bridgehead atoms. The Kier molecular flexibility index (Phi) is 4.25. The van der Waals surface area contributed by atoms with Crippen LogP contribution in [0.15, 0.2) is 29.2 Å². The fourth-order valence-electron chi connectivity index (χ4n) is 1.41. The van der Waals surface area contributed by atoms with Crippen molar-refractivity contribution in [1.82, 2.24) is 4.31 Å². The average molecular weight is 255 g/mol. The smallest absolute Gasteiger partial charge is 0.243 e. The minimum absolute atomic E-state index is 0.0168. The van der Waals surface area contributed by atoms with Crippen LogP contribution in [0.2, 0.25) is 0 Å². The highest BCUT2D eigenvalue weighted by Crippen LogP contribution is 2.18. The van der Waals surface area contributed by atoms with E-state index in [9.17, 15) is 8.42 Å². The molecule has 1 rings (SSSR count). The van der Waals surface area contributed by atoms with Gasteiger partial charge in [-0.3, -0.25) is 5.41 Å². The standard InChI is InChI=1S/C11H17N3O2S/c1-9-5-3-4-6-10(9)17(15,16)14(2)8-7-11(12)13/h3-6H,7-8H2,1-2H3,(H3,12,13). The largest absolute Gasteiger partial charge is 0.388 e. The first kappa shape index (κ1) is 13.7. The molecule has 0 aromatic heterocycles. The molecule has 0 amide bonds. The summed E-state index contributed by atoms with van der Waals surface area (Å²) in [5, 5.41) is 7.10. The van der Waals surface area contributed by atoms with Crippen LogP contribution in [0, 0.1) is 12.3 Å². The van der Waals surface area contributed by atoms with Crippen molar-refractivity contribution in [2.75, 3.05) is 13.6 Å². The van der Waals surface area contributed by atoms with E-state index in [0.717, 1.165) is 0 Å². The third-order valence-corrected chi connectivity index (χ3v) is 4.49. The lowest BCUT2D eigenvalue weighted by Crippen LogP contribution is -2.30. The summed E-state index contributed by atoms with van der Waals surface area (Å²) < 4.78 is 25.6. The van der Waals surface area contributed by atoms with Crippen LogP contribution >= 0.6 is 0 Å². The molecule has 5 nitrogen and oxygen atoms in total. The van der Waals surface area contributed by atoms with Gasteiger partial charge in [0.2, 0.25) is 10.0 Å². The number of benzene rings is 1. The fraction of sp³-hybridized carbons (Fsp3) is 0.364. The van der Waals surface area contributed by atoms with Crippen molar-refractivity contribution in [2.24, 2.45) is 5.73 Å². The molecule has 0 spiro atoms. The molecule has 1 aromatic carbocycles. The van der Waals surface area contributed by atoms with Gasteiger partial charge >= 0.3 is 0 Å². The van der Waals surface area contributed by atoms with E-state index in [1.54, 1.807) is 31.2 Å². The third-order valence-electron chi connectivity index (χ3n) is 2.48. The predicted molar refractivity (Wildman–Crippen MR) is 67.5 cm³/mol. The molecule has 94 valence electrons. The van der Waals surface area contributed by atoms with Gasteiger partial charge in [0.1, 0.15) is 0 Å². The molecule has 0 aliphatic carbocycles. The zero-order chi connectivity index (χ0) is 13.1. The average Bonchev–Trinajstić information content (AvgIpc) is 2.26. The molecule has 1 aromatic rings. The maximum Gasteiger partial charge on any atom is 0.243 e. The zero-order valence-electron chi connectivity index (χ0n) is 9.97. The fourth-order valence-corrected chi connectivity index (χ4v) is 2.80. The molecular weight excluding hydrogens is 238 g/mol. The molecule has 0 unspecified atom stereocenters. The van der Waals surface area contributed by atoms with E-state index in [1.807, 2.05) is 0 Å². The number of nitrogens with two attached hydrogens (primary N) is 1. The molecule has 0 fully saturated rings. The predicted octanol–water partition coefficient (Wildman–Crippen LogP) is 0.942. The van der Waals surface area contributed by atoms with Crippen LogP contribution in [0.4, 0.5) is 0 Å². The van der Waals surface area contributed by atoms with E-state index >= 15 is 0 Å². The lowest BCUT2D eigenvalue weighted by molar-refractivity contribution is 0.477. The normalized spacial score (nSPS) is 11.7. The second-order valence-corrected chi connectivity index (χ2v) is 5.88. The van der Waals surface area contributed by atoms with Crippen LogP contribution in [0.1, 0.15) is 12.0 Å². The number of nitrogens with zero attached hydrogens (tertiary/aromatic N) is 1. The molecule has 0 saturated carbocycles. The Bertz CT molecular complexity index is 511. The van der Waals surface area contributed by atoms with E-state index < -0.39 is 10.0 Å². The number of nitrogens with one attached hydrogen (secondary N) is 1. The van der Waals surface area contributed by atoms with E-state index in [4.69, 9.17) is 11.1 Å². The Balaban J connectivity index is 2.96. The minimum Gasteiger partial charge on any atom is -0.388 e. The van der Waals surface area contributed by atoms with Crippen molar-refractivity contribution < 1.29 is 8.42 Å². The number of rotatable bonds is 5. The van der Waals surface area contributed by atoms with Gasteiger partial charge in [-0.05, 0) is 18.6 Å². The lowest BCUT2D eigenvalue weighted by atomic mass is 10.2. The topological polar surface area (TPSA) is 87.2 Å². The monoisotopic (exact) mass is 255 g/mol. The molecule has 0 atom stereocenters. The molecule has 6 heteroatoms. The Morgan fingerprint density at radius 1 is 1.41 bits per heavy atom. The summed E-state index contributed by atoms with van der Waals surface area (Å²) in [5.41, 5.74) is 5.92. The van der Waals surface area contributed by atoms with Crippen molar-refractivity contribution in [3.05, 3.63) is 29.8 Å². The summed E-state index contributed by atoms with van der Waals surface area (Å²) in [6, 6.07) is 6.82. The molecule has 0 aliphatic rings. The summed E-state index contributed by atoms with van der Waals surface area (Å²) in [5.74, 6) is -0.0168. The molecule has 0 heterocycles. The third kappa shape index (κ3) is 3.28. The van der Waals surface area contributed by atoms with Crippen LogP contribution < -0.4 is 5.73 Å². The van der Waals surface area contributed by atoms with Gasteiger partial charge in [0.15, 0.2) is 0 Å². The second kappa shape index (κ2) is 5.29. The zero-order valence-corrected chi connectivity index (χ0v) is 10.8. The summed E-state index contributed by atoms with van der Waals surface area (Å²) >= 11 is 0. The minimum atomic E-state index is -3.48. The van der Waals surface area contributed by atoms with Crippen LogP contribution in [-0.4, -0.2) is 32.2 Å². The van der Waals surface area contributed by atoms with Gasteiger partial charge in [-0.1, -0.05) is 18.2 Å². The Labute approximate surface area is 102 Å². The van der Waals surface area contributed by atoms with Gasteiger partial charge in [0.05, 0.1) is 10.7 Å². The van der Waals surface area contributed by atoms with E-state index in [0.29, 0.717) is 10.5 Å². The van der Waals surface area contributed by atoms with Crippen molar-refractivity contribution in [1.29, 1.82) is 5.41 Å². The highest BCUT2D eigenvalue weighted by Gasteiger charge is 2.21. The number of amidine groups is 1. The van der Waals surface area contributed by atoms with Crippen LogP contribution in [0.5, 0.6) is 0 Å². The quantitative estimate of drug-likeness (QED) is 0.606. The number of hydrogen-bond acceptors (Lipinski definition) is 3. The van der Waals surface area contributed by atoms with Crippen LogP contribution in [0.3, 0.4) is 0 Å². The summed E-state index contributed by atoms with van der Waals surface area (Å²) in [6.07, 6.45) is 0.238. The van der Waals surface area contributed by atoms with E-state index in [-0.39, 0.29) is 18.8 Å². The first-order valence-electron chi connectivity index (χ1n) is 5.20. The first-order valence-corrected chi connectivity index (χ1v) is 6.64. The van der Waals surface area contributed by atoms with E-state index in [1.165, 1.54) is 11.4 Å². The Morgan fingerprint density at radius 2 is 2.00 bits per heavy atom. The summed E-state index contributed by atoms with van der Waals surface area (Å²) in [6.45, 7) is 1.97. The number of sulfonamides is 1. The van der Waals surface area contributed by atoms with Crippen molar-refractivity contribution in [3.8, 4) is 0 Å². The van der Waals surface area contributed by atoms with Gasteiger partial charge in [-0.25, -0.2) is 12.7 Å². The van der Waals surface area contributed by atoms with Crippen LogP contribution in [-0.2, 0) is 10.0 Å².